The molecule has 0 saturated heterocycles. The molecule has 0 atom stereocenters. The molecule has 2 aromatic rings. The van der Waals surface area contributed by atoms with E-state index in [9.17, 15) is 4.79 Å². The second-order valence-corrected chi connectivity index (χ2v) is 5.01. The van der Waals surface area contributed by atoms with E-state index in [1.807, 2.05) is 38.1 Å². The Morgan fingerprint density at radius 1 is 1.32 bits per heavy atom. The predicted molar refractivity (Wildman–Crippen MR) is 77.4 cm³/mol. The molecule has 0 aliphatic carbocycles. The zero-order valence-electron chi connectivity index (χ0n) is 10.9. The minimum atomic E-state index is -0.177. The van der Waals surface area contributed by atoms with Crippen molar-refractivity contribution in [2.75, 3.05) is 0 Å². The third-order valence-electron chi connectivity index (χ3n) is 2.77. The number of hydrogen-bond donors (Lipinski definition) is 0. The summed E-state index contributed by atoms with van der Waals surface area (Å²) >= 11 is 3.26. The molecule has 1 aromatic carbocycles. The number of aryl methyl sites for hydroxylation is 2. The molecule has 0 unspecified atom stereocenters. The Hall–Kier alpha value is -1.62. The summed E-state index contributed by atoms with van der Waals surface area (Å²) in [4.78, 5) is 11.9. The highest BCUT2D eigenvalue weighted by molar-refractivity contribution is 9.10. The predicted octanol–water partition coefficient (Wildman–Crippen LogP) is 2.91. The molecule has 2 rings (SSSR count). The van der Waals surface area contributed by atoms with Gasteiger partial charge in [0.05, 0.1) is 6.20 Å². The highest BCUT2D eigenvalue weighted by atomic mass is 79.9. The van der Waals surface area contributed by atoms with E-state index in [0.717, 1.165) is 5.56 Å². The van der Waals surface area contributed by atoms with E-state index in [-0.39, 0.29) is 5.56 Å². The lowest BCUT2D eigenvalue weighted by molar-refractivity contribution is 0.299. The SMILES string of the molecule is CCn1ncc(OCc2ccc(C)cc2)c(Br)c1=O. The van der Waals surface area contributed by atoms with Crippen molar-refractivity contribution in [1.82, 2.24) is 9.78 Å². The molecule has 0 bridgehead atoms. The molecular formula is C14H15BrN2O2. The van der Waals surface area contributed by atoms with Crippen LogP contribution in [0.15, 0.2) is 39.7 Å². The van der Waals surface area contributed by atoms with Gasteiger partial charge in [-0.05, 0) is 35.3 Å². The van der Waals surface area contributed by atoms with Crippen LogP contribution in [0.25, 0.3) is 0 Å². The molecule has 1 aromatic heterocycles. The van der Waals surface area contributed by atoms with Gasteiger partial charge in [0.2, 0.25) is 0 Å². The fourth-order valence-corrected chi connectivity index (χ4v) is 2.04. The number of halogens is 1. The van der Waals surface area contributed by atoms with Crippen molar-refractivity contribution < 1.29 is 4.74 Å². The summed E-state index contributed by atoms with van der Waals surface area (Å²) in [6, 6.07) is 8.07. The van der Waals surface area contributed by atoms with Crippen molar-refractivity contribution in [1.29, 1.82) is 0 Å². The number of hydrogen-bond acceptors (Lipinski definition) is 3. The van der Waals surface area contributed by atoms with Crippen molar-refractivity contribution in [3.05, 3.63) is 56.4 Å². The fraction of sp³-hybridized carbons (Fsp3) is 0.286. The molecule has 0 saturated carbocycles. The van der Waals surface area contributed by atoms with Gasteiger partial charge in [-0.15, -0.1) is 0 Å². The average molecular weight is 323 g/mol. The van der Waals surface area contributed by atoms with Gasteiger partial charge in [0.1, 0.15) is 11.1 Å². The summed E-state index contributed by atoms with van der Waals surface area (Å²) in [7, 11) is 0. The molecule has 0 aliphatic rings. The Kier molecular flexibility index (Phi) is 4.37. The quantitative estimate of drug-likeness (QED) is 0.869. The van der Waals surface area contributed by atoms with Crippen LogP contribution in [0.4, 0.5) is 0 Å². The number of aromatic nitrogens is 2. The smallest absolute Gasteiger partial charge is 0.284 e. The van der Waals surface area contributed by atoms with Crippen LogP contribution in [0.5, 0.6) is 5.75 Å². The molecule has 0 aliphatic heterocycles. The maximum atomic E-state index is 11.9. The van der Waals surface area contributed by atoms with Gasteiger partial charge in [0, 0.05) is 6.54 Å². The van der Waals surface area contributed by atoms with Crippen LogP contribution in [0.2, 0.25) is 0 Å². The zero-order valence-corrected chi connectivity index (χ0v) is 12.5. The van der Waals surface area contributed by atoms with Gasteiger partial charge in [-0.2, -0.15) is 5.10 Å². The van der Waals surface area contributed by atoms with E-state index < -0.39 is 0 Å². The van der Waals surface area contributed by atoms with Crippen LogP contribution in [-0.2, 0) is 13.2 Å². The molecule has 100 valence electrons. The Morgan fingerprint density at radius 3 is 2.63 bits per heavy atom. The second kappa shape index (κ2) is 6.02. The highest BCUT2D eigenvalue weighted by Gasteiger charge is 2.09. The third-order valence-corrected chi connectivity index (χ3v) is 3.50. The van der Waals surface area contributed by atoms with Crippen LogP contribution in [0.3, 0.4) is 0 Å². The first-order valence-corrected chi connectivity index (χ1v) is 6.85. The fourth-order valence-electron chi connectivity index (χ4n) is 1.62. The lowest BCUT2D eigenvalue weighted by Crippen LogP contribution is -2.22. The first kappa shape index (κ1) is 13.8. The Bertz CT molecular complexity index is 620. The monoisotopic (exact) mass is 322 g/mol. The minimum absolute atomic E-state index is 0.177. The molecule has 4 nitrogen and oxygen atoms in total. The molecule has 0 amide bonds. The summed E-state index contributed by atoms with van der Waals surface area (Å²) in [6.07, 6.45) is 1.56. The van der Waals surface area contributed by atoms with Crippen LogP contribution in [0.1, 0.15) is 18.1 Å². The van der Waals surface area contributed by atoms with Crippen molar-refractivity contribution in [2.45, 2.75) is 27.0 Å². The van der Waals surface area contributed by atoms with Gasteiger partial charge in [0.15, 0.2) is 5.75 Å². The highest BCUT2D eigenvalue weighted by Crippen LogP contribution is 2.20. The first-order valence-electron chi connectivity index (χ1n) is 6.05. The normalized spacial score (nSPS) is 10.5. The van der Waals surface area contributed by atoms with Crippen molar-refractivity contribution in [3.8, 4) is 5.75 Å². The summed E-state index contributed by atoms with van der Waals surface area (Å²) in [5, 5.41) is 4.03. The Morgan fingerprint density at radius 2 is 2.00 bits per heavy atom. The zero-order chi connectivity index (χ0) is 13.8. The Labute approximate surface area is 120 Å². The standard InChI is InChI=1S/C14H15BrN2O2/c1-3-17-14(18)13(15)12(8-16-17)19-9-11-6-4-10(2)5-7-11/h4-8H,3,9H2,1-2H3. The van der Waals surface area contributed by atoms with E-state index in [4.69, 9.17) is 4.74 Å². The van der Waals surface area contributed by atoms with Gasteiger partial charge in [-0.25, -0.2) is 4.68 Å². The van der Waals surface area contributed by atoms with Crippen LogP contribution in [0, 0.1) is 6.92 Å². The largest absolute Gasteiger partial charge is 0.486 e. The van der Waals surface area contributed by atoms with E-state index in [2.05, 4.69) is 21.0 Å². The van der Waals surface area contributed by atoms with Gasteiger partial charge >= 0.3 is 0 Å². The summed E-state index contributed by atoms with van der Waals surface area (Å²) in [6.45, 7) is 4.86. The van der Waals surface area contributed by atoms with E-state index >= 15 is 0 Å². The van der Waals surface area contributed by atoms with Gasteiger partial charge < -0.3 is 4.74 Å². The van der Waals surface area contributed by atoms with E-state index in [1.54, 1.807) is 6.20 Å². The summed E-state index contributed by atoms with van der Waals surface area (Å²) in [5.41, 5.74) is 2.08. The first-order chi connectivity index (χ1) is 9.11. The summed E-state index contributed by atoms with van der Waals surface area (Å²) < 4.78 is 7.41. The van der Waals surface area contributed by atoms with Gasteiger partial charge in [-0.1, -0.05) is 29.8 Å². The second-order valence-electron chi connectivity index (χ2n) is 4.22. The minimum Gasteiger partial charge on any atom is -0.486 e. The molecule has 0 spiro atoms. The van der Waals surface area contributed by atoms with Gasteiger partial charge in [0.25, 0.3) is 5.56 Å². The number of nitrogens with zero attached hydrogens (tertiary/aromatic N) is 2. The van der Waals surface area contributed by atoms with Crippen molar-refractivity contribution in [3.63, 3.8) is 0 Å². The molecule has 0 radical (unpaired) electrons. The molecule has 19 heavy (non-hydrogen) atoms. The summed E-state index contributed by atoms with van der Waals surface area (Å²) in [5.74, 6) is 0.468. The topological polar surface area (TPSA) is 44.1 Å². The third kappa shape index (κ3) is 3.23. The van der Waals surface area contributed by atoms with Crippen LogP contribution < -0.4 is 10.3 Å². The molecule has 1 heterocycles. The van der Waals surface area contributed by atoms with E-state index in [0.29, 0.717) is 23.4 Å². The van der Waals surface area contributed by atoms with Crippen molar-refractivity contribution >= 4 is 15.9 Å². The maximum absolute atomic E-state index is 11.9. The number of benzene rings is 1. The molecule has 0 N–H and O–H groups in total. The molecular weight excluding hydrogens is 308 g/mol. The Balaban J connectivity index is 2.14. The van der Waals surface area contributed by atoms with Gasteiger partial charge in [-0.3, -0.25) is 4.79 Å². The van der Waals surface area contributed by atoms with Crippen LogP contribution >= 0.6 is 15.9 Å². The lowest BCUT2D eigenvalue weighted by Gasteiger charge is -2.09. The average Bonchev–Trinajstić information content (AvgIpc) is 2.42. The number of rotatable bonds is 4. The molecule has 0 fully saturated rings. The maximum Gasteiger partial charge on any atom is 0.284 e. The number of ether oxygens (including phenoxy) is 1. The molecule has 5 heteroatoms. The lowest BCUT2D eigenvalue weighted by atomic mass is 10.2. The van der Waals surface area contributed by atoms with E-state index in [1.165, 1.54) is 10.2 Å². The van der Waals surface area contributed by atoms with Crippen LogP contribution in [-0.4, -0.2) is 9.78 Å². The van der Waals surface area contributed by atoms with Crippen molar-refractivity contribution in [2.24, 2.45) is 0 Å².